The first kappa shape index (κ1) is 18.2. The Balaban J connectivity index is 1.68. The first-order chi connectivity index (χ1) is 15.7. The van der Waals surface area contributed by atoms with E-state index < -0.39 is 0 Å². The van der Waals surface area contributed by atoms with E-state index in [1.807, 2.05) is 54.1 Å². The fourth-order valence-electron chi connectivity index (χ4n) is 3.73. The molecule has 0 N–H and O–H groups in total. The van der Waals surface area contributed by atoms with E-state index in [0.717, 1.165) is 16.6 Å². The topological polar surface area (TPSA) is 109 Å². The fourth-order valence-corrected chi connectivity index (χ4v) is 3.73. The van der Waals surface area contributed by atoms with Crippen molar-refractivity contribution < 1.29 is 9.26 Å². The maximum Gasteiger partial charge on any atom is 0.207 e. The number of pyridine rings is 1. The molecule has 0 saturated heterocycles. The zero-order valence-electron chi connectivity index (χ0n) is 17.2. The van der Waals surface area contributed by atoms with Crippen molar-refractivity contribution in [3.05, 3.63) is 66.9 Å². The van der Waals surface area contributed by atoms with Crippen LogP contribution in [0.3, 0.4) is 0 Å². The third-order valence-corrected chi connectivity index (χ3v) is 5.17. The van der Waals surface area contributed by atoms with E-state index in [-0.39, 0.29) is 0 Å². The molecule has 0 radical (unpaired) electrons. The number of nitrogens with zero attached hydrogens (tertiary/aromatic N) is 8. The monoisotopic (exact) mass is 424 g/mol. The molecule has 5 heterocycles. The molecule has 0 spiro atoms. The van der Waals surface area contributed by atoms with Gasteiger partial charge in [0.1, 0.15) is 29.3 Å². The summed E-state index contributed by atoms with van der Waals surface area (Å²) in [6.45, 7) is 1.82. The van der Waals surface area contributed by atoms with Crippen LogP contribution in [0.4, 0.5) is 0 Å². The smallest absolute Gasteiger partial charge is 0.207 e. The molecule has 10 nitrogen and oxygen atoms in total. The zero-order valence-corrected chi connectivity index (χ0v) is 17.2. The quantitative estimate of drug-likeness (QED) is 0.423. The molecule has 0 fully saturated rings. The van der Waals surface area contributed by atoms with Gasteiger partial charge in [-0.3, -0.25) is 4.57 Å². The van der Waals surface area contributed by atoms with Gasteiger partial charge in [-0.25, -0.2) is 9.97 Å². The number of fused-ring (bicyclic) bond motifs is 3. The normalized spacial score (nSPS) is 11.4. The Kier molecular flexibility index (Phi) is 3.97. The lowest BCUT2D eigenvalue weighted by Crippen LogP contribution is -2.03. The predicted octanol–water partition coefficient (Wildman–Crippen LogP) is 3.50. The summed E-state index contributed by atoms with van der Waals surface area (Å²) in [5, 5.41) is 19.3. The summed E-state index contributed by atoms with van der Waals surface area (Å²) in [5.74, 6) is 2.55. The molecule has 1 aromatic carbocycles. The van der Waals surface area contributed by atoms with Gasteiger partial charge in [-0.05, 0) is 25.1 Å². The van der Waals surface area contributed by atoms with Crippen molar-refractivity contribution in [1.29, 1.82) is 0 Å². The van der Waals surface area contributed by atoms with E-state index in [9.17, 15) is 0 Å². The minimum absolute atomic E-state index is 0.480. The molecule has 0 aliphatic heterocycles. The summed E-state index contributed by atoms with van der Waals surface area (Å²) in [6, 6.07) is 13.3. The molecule has 6 rings (SSSR count). The lowest BCUT2D eigenvalue weighted by molar-refractivity contribution is 0.399. The minimum Gasteiger partial charge on any atom is -0.496 e. The number of rotatable bonds is 4. The van der Waals surface area contributed by atoms with E-state index >= 15 is 0 Å². The lowest BCUT2D eigenvalue weighted by atomic mass is 10.1. The highest BCUT2D eigenvalue weighted by atomic mass is 16.5. The second-order valence-corrected chi connectivity index (χ2v) is 7.16. The number of imidazole rings is 1. The molecular formula is C22H16N8O2. The Hall–Kier alpha value is -4.60. The maximum atomic E-state index is 5.67. The third-order valence-electron chi connectivity index (χ3n) is 5.17. The highest BCUT2D eigenvalue weighted by Crippen LogP contribution is 2.36. The molecular weight excluding hydrogens is 408 g/mol. The summed E-state index contributed by atoms with van der Waals surface area (Å²) < 4.78 is 14.4. The first-order valence-electron chi connectivity index (χ1n) is 9.84. The van der Waals surface area contributed by atoms with Gasteiger partial charge in [0.05, 0.1) is 18.2 Å². The van der Waals surface area contributed by atoms with Crippen LogP contribution in [0.2, 0.25) is 0 Å². The van der Waals surface area contributed by atoms with Crippen molar-refractivity contribution in [3.8, 4) is 34.5 Å². The molecule has 0 unspecified atom stereocenters. The van der Waals surface area contributed by atoms with Crippen molar-refractivity contribution in [2.24, 2.45) is 0 Å². The minimum atomic E-state index is 0.480. The van der Waals surface area contributed by atoms with Gasteiger partial charge in [0, 0.05) is 23.8 Å². The Morgan fingerprint density at radius 2 is 1.94 bits per heavy atom. The molecule has 10 heteroatoms. The highest BCUT2D eigenvalue weighted by molar-refractivity contribution is 6.05. The van der Waals surface area contributed by atoms with Crippen LogP contribution in [0.25, 0.3) is 45.1 Å². The van der Waals surface area contributed by atoms with Crippen LogP contribution >= 0.6 is 0 Å². The van der Waals surface area contributed by atoms with E-state index in [4.69, 9.17) is 19.3 Å². The summed E-state index contributed by atoms with van der Waals surface area (Å²) in [5.41, 5.74) is 2.44. The number of hydrogen-bond donors (Lipinski definition) is 0. The van der Waals surface area contributed by atoms with E-state index in [1.54, 1.807) is 30.2 Å². The standard InChI is InChI=1S/C22H16N8O2/c1-13-11-16(28-32-13)22-26-25-21-14-5-3-7-17(31-2)19(14)20(27-30(21)22)15-6-4-8-18(24-15)29-10-9-23-12-29/h3-12H,1-2H3. The Labute approximate surface area is 181 Å². The van der Waals surface area contributed by atoms with Crippen LogP contribution in [0.5, 0.6) is 5.75 Å². The molecule has 0 aliphatic carbocycles. The van der Waals surface area contributed by atoms with Gasteiger partial charge in [0.15, 0.2) is 11.3 Å². The van der Waals surface area contributed by atoms with Crippen molar-refractivity contribution in [2.75, 3.05) is 7.11 Å². The molecule has 0 aliphatic rings. The van der Waals surface area contributed by atoms with Gasteiger partial charge >= 0.3 is 0 Å². The Morgan fingerprint density at radius 1 is 1.03 bits per heavy atom. The van der Waals surface area contributed by atoms with E-state index in [0.29, 0.717) is 40.1 Å². The van der Waals surface area contributed by atoms with Gasteiger partial charge < -0.3 is 9.26 Å². The molecule has 0 saturated carbocycles. The van der Waals surface area contributed by atoms with Crippen LogP contribution in [-0.4, -0.2) is 46.6 Å². The fraction of sp³-hybridized carbons (Fsp3) is 0.0909. The zero-order chi connectivity index (χ0) is 21.7. The van der Waals surface area contributed by atoms with Gasteiger partial charge in [-0.15, -0.1) is 10.2 Å². The van der Waals surface area contributed by atoms with Crippen LogP contribution in [0.15, 0.2) is 65.7 Å². The van der Waals surface area contributed by atoms with Crippen LogP contribution < -0.4 is 4.74 Å². The molecule has 0 bridgehead atoms. The number of aromatic nitrogens is 8. The van der Waals surface area contributed by atoms with Gasteiger partial charge in [0.2, 0.25) is 5.82 Å². The average Bonchev–Trinajstić information content (AvgIpc) is 3.59. The molecule has 5 aromatic heterocycles. The van der Waals surface area contributed by atoms with Crippen molar-refractivity contribution in [2.45, 2.75) is 6.92 Å². The molecule has 156 valence electrons. The summed E-state index contributed by atoms with van der Waals surface area (Å²) in [7, 11) is 1.63. The second-order valence-electron chi connectivity index (χ2n) is 7.16. The Morgan fingerprint density at radius 3 is 2.72 bits per heavy atom. The summed E-state index contributed by atoms with van der Waals surface area (Å²) in [4.78, 5) is 8.94. The van der Waals surface area contributed by atoms with Gasteiger partial charge in [-0.2, -0.15) is 9.61 Å². The molecule has 0 atom stereocenters. The molecule has 0 amide bonds. The largest absolute Gasteiger partial charge is 0.496 e. The van der Waals surface area contributed by atoms with Crippen molar-refractivity contribution in [3.63, 3.8) is 0 Å². The number of aryl methyl sites for hydroxylation is 1. The van der Waals surface area contributed by atoms with Crippen molar-refractivity contribution in [1.82, 2.24) is 39.5 Å². The van der Waals surface area contributed by atoms with Crippen LogP contribution in [0, 0.1) is 6.92 Å². The van der Waals surface area contributed by atoms with Gasteiger partial charge in [-0.1, -0.05) is 23.4 Å². The molecule has 32 heavy (non-hydrogen) atoms. The third kappa shape index (κ3) is 2.73. The Bertz CT molecular complexity index is 1580. The number of hydrogen-bond acceptors (Lipinski definition) is 8. The summed E-state index contributed by atoms with van der Waals surface area (Å²) in [6.07, 6.45) is 5.25. The second kappa shape index (κ2) is 6.98. The first-order valence-corrected chi connectivity index (χ1v) is 9.84. The summed E-state index contributed by atoms with van der Waals surface area (Å²) >= 11 is 0. The SMILES string of the molecule is COc1cccc2c1c(-c1cccc(-n3ccnc3)n1)nn1c(-c3cc(C)on3)nnc21. The van der Waals surface area contributed by atoms with Crippen LogP contribution in [-0.2, 0) is 0 Å². The van der Waals surface area contributed by atoms with E-state index in [2.05, 4.69) is 20.3 Å². The van der Waals surface area contributed by atoms with Gasteiger partial charge in [0.25, 0.3) is 0 Å². The van der Waals surface area contributed by atoms with Crippen molar-refractivity contribution >= 4 is 16.4 Å². The number of methoxy groups -OCH3 is 1. The lowest BCUT2D eigenvalue weighted by Gasteiger charge is -2.12. The van der Waals surface area contributed by atoms with E-state index in [1.165, 1.54) is 0 Å². The number of ether oxygens (including phenoxy) is 1. The highest BCUT2D eigenvalue weighted by Gasteiger charge is 2.21. The number of benzene rings is 1. The maximum absolute atomic E-state index is 5.67. The average molecular weight is 424 g/mol. The van der Waals surface area contributed by atoms with Crippen LogP contribution in [0.1, 0.15) is 5.76 Å². The predicted molar refractivity (Wildman–Crippen MR) is 115 cm³/mol. The molecule has 6 aromatic rings.